The summed E-state index contributed by atoms with van der Waals surface area (Å²) >= 11 is 0. The highest BCUT2D eigenvalue weighted by molar-refractivity contribution is 6.01. The Hall–Kier alpha value is -3.46. The fraction of sp³-hybridized carbons (Fsp3) is 0.263. The number of nitrogens with zero attached hydrogens (tertiary/aromatic N) is 4. The fourth-order valence-corrected chi connectivity index (χ4v) is 3.23. The minimum Gasteiger partial charge on any atom is -0.465 e. The number of nitrogens with one attached hydrogen (secondary N) is 1. The normalized spacial score (nSPS) is 11.4. The standard InChI is InChI=1S/C19H20N6O3/c1-27-7-3-6-25-18-15(17(20)21-10-22-18)16(24-25)14-8-11-4-5-12(19(26)28-2)9-13(11)23-14/h4-5,8-10,23H,3,6-7H2,1-2H3,(H2,20,21,22). The lowest BCUT2D eigenvalue weighted by Gasteiger charge is -2.01. The third-order valence-electron chi connectivity index (χ3n) is 4.58. The SMILES string of the molecule is COCCCn1nc(-c2cc3ccc(C(=O)OC)cc3[nH]2)c2c(N)ncnc21. The number of fused-ring (bicyclic) bond motifs is 2. The number of ether oxygens (including phenoxy) is 2. The molecular weight excluding hydrogens is 360 g/mol. The quantitative estimate of drug-likeness (QED) is 0.389. The van der Waals surface area contributed by atoms with Crippen LogP contribution in [0.1, 0.15) is 16.8 Å². The van der Waals surface area contributed by atoms with Crippen LogP contribution < -0.4 is 5.73 Å². The Bertz CT molecular complexity index is 1160. The molecule has 0 aliphatic heterocycles. The zero-order valence-electron chi connectivity index (χ0n) is 15.6. The van der Waals surface area contributed by atoms with E-state index in [0.717, 1.165) is 23.0 Å². The van der Waals surface area contributed by atoms with Gasteiger partial charge in [0.05, 0.1) is 23.8 Å². The Kier molecular flexibility index (Phi) is 4.66. The zero-order chi connectivity index (χ0) is 19.7. The van der Waals surface area contributed by atoms with Gasteiger partial charge in [0.2, 0.25) is 0 Å². The molecule has 0 spiro atoms. The van der Waals surface area contributed by atoms with Crippen molar-refractivity contribution in [2.75, 3.05) is 26.6 Å². The smallest absolute Gasteiger partial charge is 0.337 e. The van der Waals surface area contributed by atoms with Crippen LogP contribution in [0, 0.1) is 0 Å². The first-order valence-corrected chi connectivity index (χ1v) is 8.79. The van der Waals surface area contributed by atoms with Crippen molar-refractivity contribution in [3.05, 3.63) is 36.2 Å². The first kappa shape index (κ1) is 17.9. The minimum atomic E-state index is -0.386. The number of carbonyl (C=O) groups is 1. The van der Waals surface area contributed by atoms with E-state index in [1.165, 1.54) is 13.4 Å². The van der Waals surface area contributed by atoms with E-state index in [2.05, 4.69) is 15.0 Å². The molecule has 3 aromatic heterocycles. The van der Waals surface area contributed by atoms with Gasteiger partial charge >= 0.3 is 5.97 Å². The van der Waals surface area contributed by atoms with Crippen LogP contribution in [0.25, 0.3) is 33.3 Å². The van der Waals surface area contributed by atoms with E-state index in [1.54, 1.807) is 19.2 Å². The molecule has 0 aliphatic rings. The molecule has 0 saturated heterocycles. The van der Waals surface area contributed by atoms with E-state index in [1.807, 2.05) is 16.8 Å². The molecule has 0 radical (unpaired) electrons. The average Bonchev–Trinajstić information content (AvgIpc) is 3.29. The molecule has 4 aromatic rings. The Labute approximate surface area is 160 Å². The number of carbonyl (C=O) groups excluding carboxylic acids is 1. The van der Waals surface area contributed by atoms with Gasteiger partial charge < -0.3 is 20.2 Å². The molecule has 0 aliphatic carbocycles. The van der Waals surface area contributed by atoms with Crippen LogP contribution in [0.5, 0.6) is 0 Å². The Balaban J connectivity index is 1.83. The highest BCUT2D eigenvalue weighted by atomic mass is 16.5. The van der Waals surface area contributed by atoms with Gasteiger partial charge in [-0.3, -0.25) is 0 Å². The summed E-state index contributed by atoms with van der Waals surface area (Å²) in [6.45, 7) is 1.27. The van der Waals surface area contributed by atoms with Crippen molar-refractivity contribution >= 4 is 33.7 Å². The maximum absolute atomic E-state index is 11.8. The van der Waals surface area contributed by atoms with E-state index < -0.39 is 0 Å². The van der Waals surface area contributed by atoms with E-state index in [9.17, 15) is 4.79 Å². The second kappa shape index (κ2) is 7.28. The predicted molar refractivity (Wildman–Crippen MR) is 105 cm³/mol. The topological polar surface area (TPSA) is 121 Å². The van der Waals surface area contributed by atoms with E-state index in [0.29, 0.717) is 41.3 Å². The van der Waals surface area contributed by atoms with Gasteiger partial charge in [-0.2, -0.15) is 5.10 Å². The summed E-state index contributed by atoms with van der Waals surface area (Å²) in [6, 6.07) is 7.30. The number of methoxy groups -OCH3 is 2. The number of benzene rings is 1. The van der Waals surface area contributed by atoms with Gasteiger partial charge in [0, 0.05) is 31.2 Å². The monoisotopic (exact) mass is 380 g/mol. The van der Waals surface area contributed by atoms with Crippen molar-refractivity contribution in [3.8, 4) is 11.4 Å². The number of nitrogens with two attached hydrogens (primary N) is 1. The van der Waals surface area contributed by atoms with Crippen LogP contribution in [0.4, 0.5) is 5.82 Å². The molecule has 9 nitrogen and oxygen atoms in total. The lowest BCUT2D eigenvalue weighted by molar-refractivity contribution is 0.0601. The van der Waals surface area contributed by atoms with E-state index in [4.69, 9.17) is 20.3 Å². The first-order valence-electron chi connectivity index (χ1n) is 8.79. The number of hydrogen-bond acceptors (Lipinski definition) is 7. The molecule has 0 amide bonds. The fourth-order valence-electron chi connectivity index (χ4n) is 3.23. The number of anilines is 1. The van der Waals surface area contributed by atoms with Crippen LogP contribution in [0.3, 0.4) is 0 Å². The largest absolute Gasteiger partial charge is 0.465 e. The van der Waals surface area contributed by atoms with E-state index >= 15 is 0 Å². The summed E-state index contributed by atoms with van der Waals surface area (Å²) in [7, 11) is 3.03. The number of esters is 1. The van der Waals surface area contributed by atoms with Crippen LogP contribution in [0.15, 0.2) is 30.6 Å². The molecule has 144 valence electrons. The van der Waals surface area contributed by atoms with Gasteiger partial charge in [-0.1, -0.05) is 6.07 Å². The van der Waals surface area contributed by atoms with Gasteiger partial charge in [0.25, 0.3) is 0 Å². The molecule has 28 heavy (non-hydrogen) atoms. The van der Waals surface area contributed by atoms with Gasteiger partial charge in [-0.25, -0.2) is 19.4 Å². The van der Waals surface area contributed by atoms with Crippen LogP contribution >= 0.6 is 0 Å². The molecule has 0 saturated carbocycles. The highest BCUT2D eigenvalue weighted by Gasteiger charge is 2.19. The third kappa shape index (κ3) is 3.05. The Morgan fingerprint density at radius 1 is 1.25 bits per heavy atom. The van der Waals surface area contributed by atoms with Crippen LogP contribution in [-0.2, 0) is 16.0 Å². The molecular formula is C19H20N6O3. The molecule has 0 atom stereocenters. The summed E-state index contributed by atoms with van der Waals surface area (Å²) in [5, 5.41) is 6.36. The second-order valence-electron chi connectivity index (χ2n) is 6.35. The molecule has 3 N–H and O–H groups in total. The number of aromatic amines is 1. The average molecular weight is 380 g/mol. The van der Waals surface area contributed by atoms with Crippen molar-refractivity contribution in [2.24, 2.45) is 0 Å². The molecule has 9 heteroatoms. The predicted octanol–water partition coefficient (Wildman–Crippen LogP) is 2.38. The molecule has 0 unspecified atom stereocenters. The van der Waals surface area contributed by atoms with Crippen molar-refractivity contribution in [2.45, 2.75) is 13.0 Å². The third-order valence-corrected chi connectivity index (χ3v) is 4.58. The molecule has 0 fully saturated rings. The maximum atomic E-state index is 11.8. The maximum Gasteiger partial charge on any atom is 0.337 e. The van der Waals surface area contributed by atoms with Crippen molar-refractivity contribution in [3.63, 3.8) is 0 Å². The van der Waals surface area contributed by atoms with Gasteiger partial charge in [0.1, 0.15) is 17.8 Å². The number of rotatable bonds is 6. The van der Waals surface area contributed by atoms with Gasteiger partial charge in [-0.05, 0) is 24.6 Å². The minimum absolute atomic E-state index is 0.367. The number of aromatic nitrogens is 5. The van der Waals surface area contributed by atoms with Crippen molar-refractivity contribution in [1.82, 2.24) is 24.7 Å². The Morgan fingerprint density at radius 2 is 2.11 bits per heavy atom. The van der Waals surface area contributed by atoms with Crippen LogP contribution in [0.2, 0.25) is 0 Å². The molecule has 1 aromatic carbocycles. The summed E-state index contributed by atoms with van der Waals surface area (Å²) < 4.78 is 11.7. The summed E-state index contributed by atoms with van der Waals surface area (Å²) in [5.74, 6) is -0.0181. The molecule has 4 rings (SSSR count). The van der Waals surface area contributed by atoms with Crippen molar-refractivity contribution < 1.29 is 14.3 Å². The number of aryl methyl sites for hydroxylation is 1. The summed E-state index contributed by atoms with van der Waals surface area (Å²) in [6.07, 6.45) is 2.23. The lowest BCUT2D eigenvalue weighted by Crippen LogP contribution is -2.04. The van der Waals surface area contributed by atoms with Gasteiger partial charge in [0.15, 0.2) is 5.65 Å². The van der Waals surface area contributed by atoms with E-state index in [-0.39, 0.29) is 5.97 Å². The highest BCUT2D eigenvalue weighted by Crippen LogP contribution is 2.32. The number of nitrogen functional groups attached to an aromatic ring is 1. The molecule has 0 bridgehead atoms. The molecule has 3 heterocycles. The Morgan fingerprint density at radius 3 is 2.89 bits per heavy atom. The summed E-state index contributed by atoms with van der Waals surface area (Å²) in [5.41, 5.74) is 9.52. The number of hydrogen-bond donors (Lipinski definition) is 2. The van der Waals surface area contributed by atoms with Crippen molar-refractivity contribution in [1.29, 1.82) is 0 Å². The zero-order valence-corrected chi connectivity index (χ0v) is 15.6. The van der Waals surface area contributed by atoms with Gasteiger partial charge in [-0.15, -0.1) is 0 Å². The number of H-pyrrole nitrogens is 1. The second-order valence-corrected chi connectivity index (χ2v) is 6.35. The van der Waals surface area contributed by atoms with Crippen LogP contribution in [-0.4, -0.2) is 51.5 Å². The lowest BCUT2D eigenvalue weighted by atomic mass is 10.1. The first-order chi connectivity index (χ1) is 13.6. The summed E-state index contributed by atoms with van der Waals surface area (Å²) in [4.78, 5) is 23.6.